The summed E-state index contributed by atoms with van der Waals surface area (Å²) >= 11 is 5.28. The fourth-order valence-corrected chi connectivity index (χ4v) is 2.48. The summed E-state index contributed by atoms with van der Waals surface area (Å²) in [5.74, 6) is 0.351. The Kier molecular flexibility index (Phi) is 4.37. The molecule has 19 heavy (non-hydrogen) atoms. The largest absolute Gasteiger partial charge is 0.369 e. The first-order valence-electron chi connectivity index (χ1n) is 6.53. The molecule has 0 spiro atoms. The summed E-state index contributed by atoms with van der Waals surface area (Å²) in [5.41, 5.74) is 9.25. The second kappa shape index (κ2) is 6.02. The van der Waals surface area contributed by atoms with Crippen LogP contribution in [0.1, 0.15) is 24.0 Å². The zero-order chi connectivity index (χ0) is 13.8. The smallest absolute Gasteiger partial charge is 0.200 e. The van der Waals surface area contributed by atoms with Gasteiger partial charge in [-0.2, -0.15) is 4.99 Å². The Labute approximate surface area is 119 Å². The van der Waals surface area contributed by atoms with Crippen molar-refractivity contribution in [1.29, 1.82) is 0 Å². The van der Waals surface area contributed by atoms with Gasteiger partial charge in [-0.3, -0.25) is 0 Å². The lowest BCUT2D eigenvalue weighted by Gasteiger charge is -2.15. The Morgan fingerprint density at radius 2 is 2.00 bits per heavy atom. The Balaban J connectivity index is 2.03. The van der Waals surface area contributed by atoms with Crippen molar-refractivity contribution in [1.82, 2.24) is 4.90 Å². The monoisotopic (exact) mass is 276 g/mol. The van der Waals surface area contributed by atoms with Gasteiger partial charge in [-0.15, -0.1) is 0 Å². The van der Waals surface area contributed by atoms with Gasteiger partial charge in [0.15, 0.2) is 5.11 Å². The molecule has 0 amide bonds. The van der Waals surface area contributed by atoms with Crippen molar-refractivity contribution in [2.24, 2.45) is 10.7 Å². The van der Waals surface area contributed by atoms with Gasteiger partial charge in [-0.25, -0.2) is 0 Å². The first-order valence-corrected chi connectivity index (χ1v) is 6.94. The van der Waals surface area contributed by atoms with Crippen molar-refractivity contribution in [3.05, 3.63) is 29.3 Å². The van der Waals surface area contributed by atoms with Crippen molar-refractivity contribution in [3.63, 3.8) is 0 Å². The number of guanidine groups is 1. The maximum Gasteiger partial charge on any atom is 0.200 e. The Hall–Kier alpha value is -1.62. The van der Waals surface area contributed by atoms with Crippen LogP contribution >= 0.6 is 12.2 Å². The highest BCUT2D eigenvalue weighted by Crippen LogP contribution is 2.15. The number of thiocarbonyl (C=S) groups is 1. The Morgan fingerprint density at radius 1 is 1.32 bits per heavy atom. The molecule has 2 rings (SSSR count). The number of nitrogens with zero attached hydrogens (tertiary/aromatic N) is 2. The Bertz CT molecular complexity index is 504. The zero-order valence-electron chi connectivity index (χ0n) is 11.4. The molecule has 1 aliphatic rings. The normalized spacial score (nSPS) is 15.7. The summed E-state index contributed by atoms with van der Waals surface area (Å²) in [7, 11) is 0. The second-order valence-electron chi connectivity index (χ2n) is 4.92. The average molecular weight is 276 g/mol. The molecular weight excluding hydrogens is 256 g/mol. The molecule has 0 atom stereocenters. The number of rotatable bonds is 1. The third kappa shape index (κ3) is 3.67. The molecule has 0 saturated carbocycles. The maximum absolute atomic E-state index is 5.91. The zero-order valence-corrected chi connectivity index (χ0v) is 12.3. The van der Waals surface area contributed by atoms with Crippen LogP contribution < -0.4 is 11.1 Å². The van der Waals surface area contributed by atoms with Crippen molar-refractivity contribution in [2.45, 2.75) is 26.7 Å². The fourth-order valence-electron chi connectivity index (χ4n) is 2.20. The lowest BCUT2D eigenvalue weighted by atomic mass is 10.1. The highest BCUT2D eigenvalue weighted by molar-refractivity contribution is 7.80. The summed E-state index contributed by atoms with van der Waals surface area (Å²) in [6, 6.07) is 6.15. The number of aryl methyl sites for hydroxylation is 2. The van der Waals surface area contributed by atoms with Gasteiger partial charge in [0.1, 0.15) is 0 Å². The van der Waals surface area contributed by atoms with Crippen LogP contribution in [0, 0.1) is 13.8 Å². The number of benzene rings is 1. The van der Waals surface area contributed by atoms with Gasteiger partial charge >= 0.3 is 0 Å². The van der Waals surface area contributed by atoms with Gasteiger partial charge in [-0.05, 0) is 50.5 Å². The van der Waals surface area contributed by atoms with E-state index in [9.17, 15) is 0 Å². The van der Waals surface area contributed by atoms with E-state index in [0.29, 0.717) is 11.1 Å². The number of hydrogen-bond donors (Lipinski definition) is 2. The number of hydrogen-bond acceptors (Lipinski definition) is 1. The first kappa shape index (κ1) is 13.8. The number of likely N-dealkylation sites (tertiary alicyclic amines) is 1. The molecule has 1 aliphatic heterocycles. The number of aliphatic imine (C=N–C) groups is 1. The predicted molar refractivity (Wildman–Crippen MR) is 84.6 cm³/mol. The van der Waals surface area contributed by atoms with Crippen LogP contribution in [-0.2, 0) is 0 Å². The van der Waals surface area contributed by atoms with Gasteiger partial charge < -0.3 is 16.0 Å². The molecule has 4 nitrogen and oxygen atoms in total. The highest BCUT2D eigenvalue weighted by atomic mass is 32.1. The molecule has 102 valence electrons. The summed E-state index contributed by atoms with van der Waals surface area (Å²) < 4.78 is 0. The van der Waals surface area contributed by atoms with Crippen LogP contribution in [0.25, 0.3) is 0 Å². The van der Waals surface area contributed by atoms with Crippen molar-refractivity contribution in [3.8, 4) is 0 Å². The molecule has 0 radical (unpaired) electrons. The van der Waals surface area contributed by atoms with Crippen molar-refractivity contribution in [2.75, 3.05) is 18.4 Å². The molecule has 3 N–H and O–H groups in total. The fraction of sp³-hybridized carbons (Fsp3) is 0.429. The maximum atomic E-state index is 5.91. The summed E-state index contributed by atoms with van der Waals surface area (Å²) in [4.78, 5) is 6.35. The van der Waals surface area contributed by atoms with Gasteiger partial charge in [0.25, 0.3) is 0 Å². The Morgan fingerprint density at radius 3 is 2.63 bits per heavy atom. The lowest BCUT2D eigenvalue weighted by molar-refractivity contribution is 0.524. The molecule has 1 aromatic rings. The van der Waals surface area contributed by atoms with Crippen molar-refractivity contribution >= 4 is 29.0 Å². The molecule has 0 bridgehead atoms. The molecule has 5 heteroatoms. The predicted octanol–water partition coefficient (Wildman–Crippen LogP) is 2.41. The van der Waals surface area contributed by atoms with E-state index >= 15 is 0 Å². The minimum atomic E-state index is 0.351. The van der Waals surface area contributed by atoms with Crippen LogP contribution in [0.2, 0.25) is 0 Å². The third-order valence-corrected chi connectivity index (χ3v) is 3.59. The van der Waals surface area contributed by atoms with E-state index in [1.54, 1.807) is 0 Å². The number of nitrogens with two attached hydrogens (primary N) is 1. The van der Waals surface area contributed by atoms with E-state index in [2.05, 4.69) is 28.2 Å². The van der Waals surface area contributed by atoms with Crippen molar-refractivity contribution < 1.29 is 0 Å². The van der Waals surface area contributed by atoms with E-state index in [0.717, 1.165) is 24.3 Å². The van der Waals surface area contributed by atoms with Crippen LogP contribution in [0.15, 0.2) is 23.2 Å². The van der Waals surface area contributed by atoms with Gasteiger partial charge in [0.2, 0.25) is 5.96 Å². The minimum absolute atomic E-state index is 0.351. The molecule has 0 unspecified atom stereocenters. The molecule has 1 saturated heterocycles. The molecule has 1 fully saturated rings. The first-order chi connectivity index (χ1) is 9.06. The average Bonchev–Trinajstić information content (AvgIpc) is 2.86. The lowest BCUT2D eigenvalue weighted by Crippen LogP contribution is -2.30. The second-order valence-corrected chi connectivity index (χ2v) is 5.28. The van der Waals surface area contributed by atoms with E-state index in [1.165, 1.54) is 18.4 Å². The minimum Gasteiger partial charge on any atom is -0.369 e. The highest BCUT2D eigenvalue weighted by Gasteiger charge is 2.14. The van der Waals surface area contributed by atoms with Crippen LogP contribution in [0.5, 0.6) is 0 Å². The SMILES string of the molecule is Cc1ccc(N/C(N)=N/C(=S)N2CCCC2)c(C)c1. The van der Waals surface area contributed by atoms with E-state index in [1.807, 2.05) is 19.1 Å². The third-order valence-electron chi connectivity index (χ3n) is 3.24. The van der Waals surface area contributed by atoms with Gasteiger partial charge in [-0.1, -0.05) is 17.7 Å². The number of anilines is 1. The molecule has 1 aromatic carbocycles. The van der Waals surface area contributed by atoms with Crippen LogP contribution in [0.4, 0.5) is 5.69 Å². The standard InChI is InChI=1S/C14H20N4S/c1-10-5-6-12(11(2)9-10)16-13(15)17-14(19)18-7-3-4-8-18/h5-6,9H,3-4,7-8H2,1-2H3,(H3,15,16,17,19). The van der Waals surface area contributed by atoms with E-state index < -0.39 is 0 Å². The van der Waals surface area contributed by atoms with E-state index in [4.69, 9.17) is 18.0 Å². The number of nitrogens with one attached hydrogen (secondary N) is 1. The van der Waals surface area contributed by atoms with Gasteiger partial charge in [0, 0.05) is 18.8 Å². The molecule has 0 aromatic heterocycles. The summed E-state index contributed by atoms with van der Waals surface area (Å²) in [6.07, 6.45) is 2.36. The van der Waals surface area contributed by atoms with E-state index in [-0.39, 0.29) is 0 Å². The van der Waals surface area contributed by atoms with Crippen LogP contribution in [0.3, 0.4) is 0 Å². The quantitative estimate of drug-likeness (QED) is 0.470. The topological polar surface area (TPSA) is 53.6 Å². The summed E-state index contributed by atoms with van der Waals surface area (Å²) in [6.45, 7) is 6.08. The molecule has 0 aliphatic carbocycles. The molecular formula is C14H20N4S. The molecule has 1 heterocycles. The van der Waals surface area contributed by atoms with Crippen LogP contribution in [-0.4, -0.2) is 29.1 Å². The van der Waals surface area contributed by atoms with Gasteiger partial charge in [0.05, 0.1) is 0 Å². The summed E-state index contributed by atoms with van der Waals surface area (Å²) in [5, 5.41) is 3.68.